The van der Waals surface area contributed by atoms with Crippen LogP contribution in [0.3, 0.4) is 0 Å². The van der Waals surface area contributed by atoms with Gasteiger partial charge in [-0.25, -0.2) is 0 Å². The summed E-state index contributed by atoms with van der Waals surface area (Å²) < 4.78 is 0. The molecule has 4 nitrogen and oxygen atoms in total. The van der Waals surface area contributed by atoms with Gasteiger partial charge in [-0.05, 0) is 50.0 Å². The highest BCUT2D eigenvalue weighted by atomic mass is 16.2. The minimum atomic E-state index is 0.190. The summed E-state index contributed by atoms with van der Waals surface area (Å²) in [6, 6.07) is 7.94. The zero-order chi connectivity index (χ0) is 15.2. The molecule has 1 heterocycles. The Kier molecular flexibility index (Phi) is 5.76. The monoisotopic (exact) mass is 289 g/mol. The third-order valence-corrected chi connectivity index (χ3v) is 4.48. The molecule has 0 unspecified atom stereocenters. The minimum Gasteiger partial charge on any atom is -0.345 e. The molecule has 116 valence electrons. The van der Waals surface area contributed by atoms with Gasteiger partial charge in [0, 0.05) is 20.1 Å². The highest BCUT2D eigenvalue weighted by Crippen LogP contribution is 2.17. The molecular weight excluding hydrogens is 262 g/mol. The van der Waals surface area contributed by atoms with E-state index < -0.39 is 0 Å². The highest BCUT2D eigenvalue weighted by molar-refractivity contribution is 5.78. The Morgan fingerprint density at radius 3 is 2.52 bits per heavy atom. The van der Waals surface area contributed by atoms with Crippen molar-refractivity contribution in [3.63, 3.8) is 0 Å². The molecule has 1 aliphatic heterocycles. The number of nitrogens with two attached hydrogens (primary N) is 1. The topological polar surface area (TPSA) is 49.6 Å². The van der Waals surface area contributed by atoms with Crippen LogP contribution in [0.1, 0.15) is 24.0 Å². The molecule has 4 heteroatoms. The van der Waals surface area contributed by atoms with Crippen LogP contribution in [-0.4, -0.2) is 49.4 Å². The number of nitrogens with zero attached hydrogens (tertiary/aromatic N) is 2. The van der Waals surface area contributed by atoms with Gasteiger partial charge in [-0.1, -0.05) is 24.3 Å². The minimum absolute atomic E-state index is 0.190. The summed E-state index contributed by atoms with van der Waals surface area (Å²) >= 11 is 0. The maximum Gasteiger partial charge on any atom is 0.226 e. The Bertz CT molecular complexity index is 467. The second-order valence-electron chi connectivity index (χ2n) is 6.17. The average Bonchev–Trinajstić information content (AvgIpc) is 2.50. The fourth-order valence-corrected chi connectivity index (χ4v) is 2.96. The molecule has 21 heavy (non-hydrogen) atoms. The summed E-state index contributed by atoms with van der Waals surface area (Å²) in [6.07, 6.45) is 2.83. The van der Waals surface area contributed by atoms with E-state index in [0.717, 1.165) is 30.8 Å². The Labute approximate surface area is 127 Å². The van der Waals surface area contributed by atoms with Crippen molar-refractivity contribution < 1.29 is 4.79 Å². The number of carbonyl (C=O) groups excluding carboxylic acids is 1. The summed E-state index contributed by atoms with van der Waals surface area (Å²) in [5.41, 5.74) is 7.86. The first kappa shape index (κ1) is 16.0. The SMILES string of the molecule is CN1CCC(CN(C)C(=O)Cc2ccccc2CN)CC1. The van der Waals surface area contributed by atoms with Crippen LogP contribution in [0.4, 0.5) is 0 Å². The molecule has 0 saturated carbocycles. The maximum atomic E-state index is 12.4. The third kappa shape index (κ3) is 4.55. The lowest BCUT2D eigenvalue weighted by atomic mass is 9.96. The fraction of sp³-hybridized carbons (Fsp3) is 0.588. The Hall–Kier alpha value is -1.39. The molecule has 0 spiro atoms. The van der Waals surface area contributed by atoms with Gasteiger partial charge < -0.3 is 15.5 Å². The lowest BCUT2D eigenvalue weighted by molar-refractivity contribution is -0.129. The van der Waals surface area contributed by atoms with E-state index in [2.05, 4.69) is 11.9 Å². The molecule has 1 fully saturated rings. The predicted octanol–water partition coefficient (Wildman–Crippen LogP) is 1.49. The van der Waals surface area contributed by atoms with Crippen molar-refractivity contribution >= 4 is 5.91 Å². The second kappa shape index (κ2) is 7.57. The van der Waals surface area contributed by atoms with Gasteiger partial charge in [-0.15, -0.1) is 0 Å². The molecule has 1 saturated heterocycles. The predicted molar refractivity (Wildman–Crippen MR) is 85.9 cm³/mol. The van der Waals surface area contributed by atoms with Crippen molar-refractivity contribution in [3.8, 4) is 0 Å². The molecular formula is C17H27N3O. The van der Waals surface area contributed by atoms with Gasteiger partial charge in [0.1, 0.15) is 0 Å². The third-order valence-electron chi connectivity index (χ3n) is 4.48. The lowest BCUT2D eigenvalue weighted by Crippen LogP contribution is -2.38. The van der Waals surface area contributed by atoms with Gasteiger partial charge in [-0.3, -0.25) is 4.79 Å². The number of hydrogen-bond acceptors (Lipinski definition) is 3. The van der Waals surface area contributed by atoms with E-state index in [1.165, 1.54) is 12.8 Å². The largest absolute Gasteiger partial charge is 0.345 e. The van der Waals surface area contributed by atoms with E-state index in [1.54, 1.807) is 0 Å². The van der Waals surface area contributed by atoms with E-state index >= 15 is 0 Å². The number of amides is 1. The average molecular weight is 289 g/mol. The van der Waals surface area contributed by atoms with Crippen LogP contribution >= 0.6 is 0 Å². The van der Waals surface area contributed by atoms with Crippen LogP contribution in [-0.2, 0) is 17.8 Å². The van der Waals surface area contributed by atoms with Crippen molar-refractivity contribution in [2.24, 2.45) is 11.7 Å². The summed E-state index contributed by atoms with van der Waals surface area (Å²) in [7, 11) is 4.08. The molecule has 0 bridgehead atoms. The number of likely N-dealkylation sites (tertiary alicyclic amines) is 1. The van der Waals surface area contributed by atoms with Crippen molar-refractivity contribution in [2.75, 3.05) is 33.7 Å². The Morgan fingerprint density at radius 1 is 1.29 bits per heavy atom. The maximum absolute atomic E-state index is 12.4. The van der Waals surface area contributed by atoms with Crippen molar-refractivity contribution in [1.29, 1.82) is 0 Å². The quantitative estimate of drug-likeness (QED) is 0.893. The standard InChI is InChI=1S/C17H27N3O/c1-19-9-7-14(8-10-19)13-20(2)17(21)11-15-5-3-4-6-16(15)12-18/h3-6,14H,7-13,18H2,1-2H3. The van der Waals surface area contributed by atoms with Crippen molar-refractivity contribution in [2.45, 2.75) is 25.8 Å². The molecule has 2 N–H and O–H groups in total. The number of carbonyl (C=O) groups is 1. The molecule has 0 radical (unpaired) electrons. The number of benzene rings is 1. The molecule has 1 aliphatic rings. The fourth-order valence-electron chi connectivity index (χ4n) is 2.96. The number of hydrogen-bond donors (Lipinski definition) is 1. The number of piperidine rings is 1. The number of likely N-dealkylation sites (N-methyl/N-ethyl adjacent to an activating group) is 1. The first-order valence-electron chi connectivity index (χ1n) is 7.79. The van der Waals surface area contributed by atoms with Gasteiger partial charge in [0.2, 0.25) is 5.91 Å². The highest BCUT2D eigenvalue weighted by Gasteiger charge is 2.20. The smallest absolute Gasteiger partial charge is 0.226 e. The molecule has 2 rings (SSSR count). The molecule has 1 aromatic rings. The Morgan fingerprint density at radius 2 is 1.90 bits per heavy atom. The van der Waals surface area contributed by atoms with E-state index in [-0.39, 0.29) is 5.91 Å². The molecule has 0 aliphatic carbocycles. The molecule has 0 atom stereocenters. The van der Waals surface area contributed by atoms with Gasteiger partial charge in [0.05, 0.1) is 6.42 Å². The van der Waals surface area contributed by atoms with Crippen LogP contribution in [0.25, 0.3) is 0 Å². The van der Waals surface area contributed by atoms with Crippen LogP contribution < -0.4 is 5.73 Å². The van der Waals surface area contributed by atoms with Crippen molar-refractivity contribution in [3.05, 3.63) is 35.4 Å². The summed E-state index contributed by atoms with van der Waals surface area (Å²) in [5.74, 6) is 0.828. The summed E-state index contributed by atoms with van der Waals surface area (Å²) in [4.78, 5) is 16.6. The zero-order valence-electron chi connectivity index (χ0n) is 13.2. The first-order chi connectivity index (χ1) is 10.1. The van der Waals surface area contributed by atoms with E-state index in [9.17, 15) is 4.79 Å². The lowest BCUT2D eigenvalue weighted by Gasteiger charge is -2.31. The number of rotatable bonds is 5. The van der Waals surface area contributed by atoms with Crippen LogP contribution in [0.15, 0.2) is 24.3 Å². The van der Waals surface area contributed by atoms with E-state index in [4.69, 9.17) is 5.73 Å². The molecule has 1 aromatic carbocycles. The normalized spacial score (nSPS) is 16.9. The van der Waals surface area contributed by atoms with Gasteiger partial charge >= 0.3 is 0 Å². The van der Waals surface area contributed by atoms with Crippen LogP contribution in [0.5, 0.6) is 0 Å². The van der Waals surface area contributed by atoms with Crippen LogP contribution in [0.2, 0.25) is 0 Å². The van der Waals surface area contributed by atoms with Gasteiger partial charge in [-0.2, -0.15) is 0 Å². The van der Waals surface area contributed by atoms with E-state index in [0.29, 0.717) is 18.9 Å². The van der Waals surface area contributed by atoms with E-state index in [1.807, 2.05) is 36.2 Å². The zero-order valence-corrected chi connectivity index (χ0v) is 13.2. The second-order valence-corrected chi connectivity index (χ2v) is 6.17. The first-order valence-corrected chi connectivity index (χ1v) is 7.79. The van der Waals surface area contributed by atoms with Gasteiger partial charge in [0.25, 0.3) is 0 Å². The van der Waals surface area contributed by atoms with Gasteiger partial charge in [0.15, 0.2) is 0 Å². The van der Waals surface area contributed by atoms with Crippen molar-refractivity contribution in [1.82, 2.24) is 9.80 Å². The van der Waals surface area contributed by atoms with Crippen LogP contribution in [0, 0.1) is 5.92 Å². The summed E-state index contributed by atoms with van der Waals surface area (Å²) in [6.45, 7) is 3.64. The molecule has 1 amide bonds. The Balaban J connectivity index is 1.87. The molecule has 0 aromatic heterocycles. The summed E-state index contributed by atoms with van der Waals surface area (Å²) in [5, 5.41) is 0.